The molecule has 0 aliphatic rings. The van der Waals surface area contributed by atoms with E-state index >= 15 is 0 Å². The first-order chi connectivity index (χ1) is 8.45. The largest absolute Gasteiger partial charge is 0.297 e. The molecule has 1 aromatic carbocycles. The molecule has 1 rings (SSSR count). The number of halogens is 1. The minimum atomic E-state index is -0.390. The lowest BCUT2D eigenvalue weighted by Gasteiger charge is -2.26. The molecule has 0 fully saturated rings. The first-order valence-corrected chi connectivity index (χ1v) is 6.50. The summed E-state index contributed by atoms with van der Waals surface area (Å²) < 4.78 is 0. The maximum Gasteiger partial charge on any atom is 0.269 e. The maximum atomic E-state index is 10.8. The zero-order valence-corrected chi connectivity index (χ0v) is 11.8. The molecule has 5 heteroatoms. The molecule has 0 N–H and O–H groups in total. The number of hydrogen-bond acceptors (Lipinski definition) is 3. The van der Waals surface area contributed by atoms with Crippen molar-refractivity contribution >= 4 is 17.3 Å². The van der Waals surface area contributed by atoms with Crippen molar-refractivity contribution in [2.45, 2.75) is 39.8 Å². The van der Waals surface area contributed by atoms with Crippen molar-refractivity contribution in [3.63, 3.8) is 0 Å². The summed E-state index contributed by atoms with van der Waals surface area (Å²) in [7, 11) is 0. The minimum absolute atomic E-state index is 0.0922. The van der Waals surface area contributed by atoms with Gasteiger partial charge in [-0.05, 0) is 38.4 Å². The van der Waals surface area contributed by atoms with Gasteiger partial charge in [-0.2, -0.15) is 0 Å². The van der Waals surface area contributed by atoms with E-state index in [1.807, 2.05) is 0 Å². The van der Waals surface area contributed by atoms with Gasteiger partial charge in [0.05, 0.1) is 4.92 Å². The molecular formula is C13H19ClN2O2. The van der Waals surface area contributed by atoms with Crippen molar-refractivity contribution < 1.29 is 4.92 Å². The number of benzene rings is 1. The highest BCUT2D eigenvalue weighted by molar-refractivity contribution is 6.31. The Morgan fingerprint density at radius 1 is 1.44 bits per heavy atom. The molecular weight excluding hydrogens is 252 g/mol. The van der Waals surface area contributed by atoms with Crippen LogP contribution in [0.25, 0.3) is 0 Å². The third-order valence-corrected chi connectivity index (χ3v) is 3.22. The van der Waals surface area contributed by atoms with Gasteiger partial charge in [-0.15, -0.1) is 0 Å². The van der Waals surface area contributed by atoms with Crippen LogP contribution in [0, 0.1) is 10.1 Å². The third kappa shape index (κ3) is 3.96. The Bertz CT molecular complexity index is 421. The van der Waals surface area contributed by atoms with Crippen LogP contribution in [0.2, 0.25) is 5.02 Å². The molecule has 0 bridgehead atoms. The molecule has 0 saturated carbocycles. The summed E-state index contributed by atoms with van der Waals surface area (Å²) in [6, 6.07) is 4.98. The lowest BCUT2D eigenvalue weighted by atomic mass is 10.1. The highest BCUT2D eigenvalue weighted by atomic mass is 35.5. The molecule has 0 aliphatic heterocycles. The van der Waals surface area contributed by atoms with E-state index in [4.69, 9.17) is 11.6 Å². The lowest BCUT2D eigenvalue weighted by molar-refractivity contribution is -0.384. The molecule has 0 spiro atoms. The number of nitrogens with zero attached hydrogens (tertiary/aromatic N) is 2. The first-order valence-electron chi connectivity index (χ1n) is 6.12. The summed E-state index contributed by atoms with van der Waals surface area (Å²) in [5.74, 6) is 0. The van der Waals surface area contributed by atoms with E-state index in [1.54, 1.807) is 12.1 Å². The van der Waals surface area contributed by atoms with Crippen molar-refractivity contribution in [2.75, 3.05) is 6.54 Å². The minimum Gasteiger partial charge on any atom is -0.297 e. The second-order valence-corrected chi connectivity index (χ2v) is 5.00. The smallest absolute Gasteiger partial charge is 0.269 e. The Kier molecular flexibility index (Phi) is 5.56. The summed E-state index contributed by atoms with van der Waals surface area (Å²) in [4.78, 5) is 12.6. The second kappa shape index (κ2) is 6.71. The summed E-state index contributed by atoms with van der Waals surface area (Å²) in [6.07, 6.45) is 1.05. The fourth-order valence-electron chi connectivity index (χ4n) is 1.82. The van der Waals surface area contributed by atoms with Crippen LogP contribution in [0.3, 0.4) is 0 Å². The van der Waals surface area contributed by atoms with E-state index in [0.717, 1.165) is 18.5 Å². The quantitative estimate of drug-likeness (QED) is 0.582. The summed E-state index contributed by atoms with van der Waals surface area (Å²) in [5.41, 5.74) is 0.905. The zero-order valence-electron chi connectivity index (χ0n) is 11.0. The van der Waals surface area contributed by atoms with Gasteiger partial charge in [-0.3, -0.25) is 15.0 Å². The highest BCUT2D eigenvalue weighted by Gasteiger charge is 2.14. The molecule has 0 aromatic heterocycles. The SMILES string of the molecule is CCCN(Cc1cc([N+](=O)[O-])ccc1Cl)C(C)C. The van der Waals surface area contributed by atoms with Gasteiger partial charge in [0.15, 0.2) is 0 Å². The third-order valence-electron chi connectivity index (χ3n) is 2.85. The van der Waals surface area contributed by atoms with E-state index in [0.29, 0.717) is 17.6 Å². The number of non-ortho nitro benzene ring substituents is 1. The van der Waals surface area contributed by atoms with Crippen LogP contribution in [0.5, 0.6) is 0 Å². The summed E-state index contributed by atoms with van der Waals surface area (Å²) >= 11 is 6.10. The molecule has 0 amide bonds. The van der Waals surface area contributed by atoms with Gasteiger partial charge >= 0.3 is 0 Å². The predicted octanol–water partition coefficient (Wildman–Crippen LogP) is 3.87. The van der Waals surface area contributed by atoms with Gasteiger partial charge in [-0.25, -0.2) is 0 Å². The van der Waals surface area contributed by atoms with Crippen LogP contribution in [0.15, 0.2) is 18.2 Å². The van der Waals surface area contributed by atoms with E-state index < -0.39 is 0 Å². The average Bonchev–Trinajstić information content (AvgIpc) is 2.30. The summed E-state index contributed by atoms with van der Waals surface area (Å²) in [6.45, 7) is 7.94. The Labute approximate surface area is 113 Å². The van der Waals surface area contributed by atoms with E-state index in [-0.39, 0.29) is 10.6 Å². The molecule has 0 unspecified atom stereocenters. The topological polar surface area (TPSA) is 46.4 Å². The van der Waals surface area contributed by atoms with Gasteiger partial charge in [0.1, 0.15) is 0 Å². The Morgan fingerprint density at radius 3 is 2.61 bits per heavy atom. The molecule has 0 aliphatic carbocycles. The van der Waals surface area contributed by atoms with Crippen LogP contribution in [-0.4, -0.2) is 22.4 Å². The standard InChI is InChI=1S/C13H19ClN2O2/c1-4-7-15(10(2)3)9-11-8-12(16(17)18)5-6-13(11)14/h5-6,8,10H,4,7,9H2,1-3H3. The van der Waals surface area contributed by atoms with Gasteiger partial charge in [0.2, 0.25) is 0 Å². The molecule has 0 saturated heterocycles. The van der Waals surface area contributed by atoms with Crippen LogP contribution in [-0.2, 0) is 6.54 Å². The van der Waals surface area contributed by atoms with Gasteiger partial charge in [0, 0.05) is 29.7 Å². The monoisotopic (exact) mass is 270 g/mol. The molecule has 100 valence electrons. The van der Waals surface area contributed by atoms with Gasteiger partial charge < -0.3 is 0 Å². The van der Waals surface area contributed by atoms with Crippen LogP contribution in [0.1, 0.15) is 32.8 Å². The van der Waals surface area contributed by atoms with Gasteiger partial charge in [0.25, 0.3) is 5.69 Å². The fraction of sp³-hybridized carbons (Fsp3) is 0.538. The average molecular weight is 271 g/mol. The number of rotatable bonds is 6. The zero-order chi connectivity index (χ0) is 13.7. The number of nitro groups is 1. The lowest BCUT2D eigenvalue weighted by Crippen LogP contribution is -2.31. The maximum absolute atomic E-state index is 10.8. The van der Waals surface area contributed by atoms with Crippen molar-refractivity contribution in [2.24, 2.45) is 0 Å². The van der Waals surface area contributed by atoms with Crippen molar-refractivity contribution in [1.29, 1.82) is 0 Å². The molecule has 1 aromatic rings. The first kappa shape index (κ1) is 14.9. The van der Waals surface area contributed by atoms with Crippen LogP contribution in [0.4, 0.5) is 5.69 Å². The molecule has 4 nitrogen and oxygen atoms in total. The molecule has 0 radical (unpaired) electrons. The number of nitro benzene ring substituents is 1. The molecule has 0 atom stereocenters. The molecule has 18 heavy (non-hydrogen) atoms. The second-order valence-electron chi connectivity index (χ2n) is 4.60. The Hall–Kier alpha value is -1.13. The van der Waals surface area contributed by atoms with Crippen molar-refractivity contribution in [3.05, 3.63) is 38.9 Å². The van der Waals surface area contributed by atoms with E-state index in [1.165, 1.54) is 6.07 Å². The fourth-order valence-corrected chi connectivity index (χ4v) is 2.00. The van der Waals surface area contributed by atoms with Crippen molar-refractivity contribution in [3.8, 4) is 0 Å². The van der Waals surface area contributed by atoms with Gasteiger partial charge in [-0.1, -0.05) is 18.5 Å². The van der Waals surface area contributed by atoms with Crippen molar-refractivity contribution in [1.82, 2.24) is 4.90 Å². The molecule has 0 heterocycles. The summed E-state index contributed by atoms with van der Waals surface area (Å²) in [5, 5.41) is 11.3. The van der Waals surface area contributed by atoms with Crippen LogP contribution < -0.4 is 0 Å². The van der Waals surface area contributed by atoms with Crippen LogP contribution >= 0.6 is 11.6 Å². The Morgan fingerprint density at radius 2 is 2.11 bits per heavy atom. The number of hydrogen-bond donors (Lipinski definition) is 0. The highest BCUT2D eigenvalue weighted by Crippen LogP contribution is 2.24. The normalized spacial score (nSPS) is 11.2. The predicted molar refractivity (Wildman–Crippen MR) is 73.9 cm³/mol. The Balaban J connectivity index is 2.93. The van der Waals surface area contributed by atoms with E-state index in [2.05, 4.69) is 25.7 Å². The van der Waals surface area contributed by atoms with E-state index in [9.17, 15) is 10.1 Å².